The van der Waals surface area contributed by atoms with Gasteiger partial charge in [-0.15, -0.1) is 5.53 Å². The molecule has 0 bridgehead atoms. The molecule has 2 aliphatic heterocycles. The van der Waals surface area contributed by atoms with Crippen molar-refractivity contribution in [1.29, 1.82) is 0 Å². The van der Waals surface area contributed by atoms with Gasteiger partial charge in [0.05, 0.1) is 12.2 Å². The fourth-order valence-electron chi connectivity index (χ4n) is 1.83. The van der Waals surface area contributed by atoms with Crippen molar-refractivity contribution in [2.45, 2.75) is 6.92 Å². The van der Waals surface area contributed by atoms with E-state index in [1.807, 2.05) is 0 Å². The summed E-state index contributed by atoms with van der Waals surface area (Å²) in [5, 5.41) is 2.08. The van der Waals surface area contributed by atoms with Crippen LogP contribution in [0.4, 0.5) is 11.4 Å². The van der Waals surface area contributed by atoms with Crippen LogP contribution in [0.3, 0.4) is 0 Å². The highest BCUT2D eigenvalue weighted by molar-refractivity contribution is 5.80. The van der Waals surface area contributed by atoms with E-state index < -0.39 is 0 Å². The summed E-state index contributed by atoms with van der Waals surface area (Å²) >= 11 is 0. The van der Waals surface area contributed by atoms with Gasteiger partial charge < -0.3 is 10.2 Å². The van der Waals surface area contributed by atoms with E-state index in [9.17, 15) is 0 Å². The van der Waals surface area contributed by atoms with Gasteiger partial charge in [0.25, 0.3) is 0 Å². The average molecular weight is 177 g/mol. The zero-order valence-electron chi connectivity index (χ0n) is 7.42. The maximum absolute atomic E-state index is 5.57. The number of ether oxygens (including phenoxy) is 1. The van der Waals surface area contributed by atoms with Crippen LogP contribution in [0, 0.1) is 6.92 Å². The number of nitrogens with one attached hydrogen (secondary N) is 2. The lowest BCUT2D eigenvalue weighted by atomic mass is 10.1. The third kappa shape index (κ3) is 0.890. The average Bonchev–Trinajstić information content (AvgIpc) is 2.50. The van der Waals surface area contributed by atoms with Crippen LogP contribution >= 0.6 is 0 Å². The minimum atomic E-state index is 0.741. The quantitative estimate of drug-likeness (QED) is 0.620. The normalized spacial score (nSPS) is 17.8. The largest absolute Gasteiger partial charge is 0.489 e. The molecule has 2 aliphatic rings. The van der Waals surface area contributed by atoms with Crippen molar-refractivity contribution < 1.29 is 4.74 Å². The predicted octanol–water partition coefficient (Wildman–Crippen LogP) is 1.04. The molecule has 0 spiro atoms. The van der Waals surface area contributed by atoms with Gasteiger partial charge in [-0.2, -0.15) is 0 Å². The Morgan fingerprint density at radius 2 is 2.38 bits per heavy atom. The molecule has 0 fully saturated rings. The summed E-state index contributed by atoms with van der Waals surface area (Å²) in [6.07, 6.45) is 0. The van der Waals surface area contributed by atoms with E-state index >= 15 is 0 Å². The Bertz CT molecular complexity index is 364. The maximum Gasteiger partial charge on any atom is 0.146 e. The Hall–Kier alpha value is -1.42. The van der Waals surface area contributed by atoms with Gasteiger partial charge in [-0.25, -0.2) is 0 Å². The molecule has 2 N–H and O–H groups in total. The molecule has 0 atom stereocenters. The van der Waals surface area contributed by atoms with Crippen LogP contribution in [0.1, 0.15) is 5.56 Å². The zero-order valence-corrected chi connectivity index (χ0v) is 7.42. The maximum atomic E-state index is 5.57. The fraction of sp³-hybridized carbons (Fsp3) is 0.333. The van der Waals surface area contributed by atoms with Crippen LogP contribution in [0.2, 0.25) is 0 Å². The molecule has 1 aromatic rings. The summed E-state index contributed by atoms with van der Waals surface area (Å²) in [6, 6.07) is 4.18. The third-order valence-electron chi connectivity index (χ3n) is 2.39. The molecule has 13 heavy (non-hydrogen) atoms. The number of aryl methyl sites for hydroxylation is 1. The van der Waals surface area contributed by atoms with Crippen molar-refractivity contribution >= 4 is 11.4 Å². The van der Waals surface area contributed by atoms with Gasteiger partial charge in [0, 0.05) is 0 Å². The van der Waals surface area contributed by atoms with Crippen molar-refractivity contribution in [3.63, 3.8) is 0 Å². The molecule has 1 aromatic carbocycles. The molecule has 68 valence electrons. The van der Waals surface area contributed by atoms with Crippen LogP contribution < -0.4 is 20.7 Å². The van der Waals surface area contributed by atoms with Crippen molar-refractivity contribution in [2.75, 3.05) is 23.6 Å². The molecule has 0 saturated carbocycles. The number of benzene rings is 1. The number of hydrogen-bond acceptors (Lipinski definition) is 4. The first-order valence-corrected chi connectivity index (χ1v) is 4.41. The van der Waals surface area contributed by atoms with E-state index in [4.69, 9.17) is 4.74 Å². The molecule has 4 nitrogen and oxygen atoms in total. The highest BCUT2D eigenvalue weighted by atomic mass is 16.5. The molecule has 0 aromatic heterocycles. The highest BCUT2D eigenvalue weighted by Crippen LogP contribution is 2.41. The van der Waals surface area contributed by atoms with Crippen LogP contribution in [0.15, 0.2) is 12.1 Å². The second-order valence-electron chi connectivity index (χ2n) is 3.40. The number of anilines is 2. The van der Waals surface area contributed by atoms with E-state index in [0.29, 0.717) is 0 Å². The SMILES string of the molecule is Cc1cc2c3c(c1)OCCN3NN2. The van der Waals surface area contributed by atoms with Crippen molar-refractivity contribution in [3.05, 3.63) is 17.7 Å². The monoisotopic (exact) mass is 177 g/mol. The summed E-state index contributed by atoms with van der Waals surface area (Å²) in [5.41, 5.74) is 9.67. The zero-order chi connectivity index (χ0) is 8.84. The molecular formula is C9H11N3O. The minimum absolute atomic E-state index is 0.741. The summed E-state index contributed by atoms with van der Waals surface area (Å²) in [4.78, 5) is 0. The Labute approximate surface area is 76.4 Å². The summed E-state index contributed by atoms with van der Waals surface area (Å²) in [7, 11) is 0. The summed E-state index contributed by atoms with van der Waals surface area (Å²) in [5.74, 6) is 0.971. The summed E-state index contributed by atoms with van der Waals surface area (Å²) < 4.78 is 5.57. The predicted molar refractivity (Wildman–Crippen MR) is 50.8 cm³/mol. The van der Waals surface area contributed by atoms with Gasteiger partial charge in [-0.05, 0) is 24.6 Å². The molecule has 0 aliphatic carbocycles. The summed E-state index contributed by atoms with van der Waals surface area (Å²) in [6.45, 7) is 3.69. The second kappa shape index (κ2) is 2.29. The lowest BCUT2D eigenvalue weighted by Crippen LogP contribution is -2.40. The van der Waals surface area contributed by atoms with E-state index in [2.05, 4.69) is 35.0 Å². The van der Waals surface area contributed by atoms with Crippen LogP contribution in [-0.2, 0) is 0 Å². The van der Waals surface area contributed by atoms with Crippen LogP contribution in [0.5, 0.6) is 5.75 Å². The smallest absolute Gasteiger partial charge is 0.146 e. The second-order valence-corrected chi connectivity index (χ2v) is 3.40. The number of rotatable bonds is 0. The van der Waals surface area contributed by atoms with E-state index in [0.717, 1.165) is 30.3 Å². The minimum Gasteiger partial charge on any atom is -0.489 e. The topological polar surface area (TPSA) is 36.5 Å². The van der Waals surface area contributed by atoms with Crippen LogP contribution in [0.25, 0.3) is 0 Å². The molecule has 0 unspecified atom stereocenters. The van der Waals surface area contributed by atoms with E-state index in [1.165, 1.54) is 5.56 Å². The number of hydrazine groups is 2. The Morgan fingerprint density at radius 3 is 3.31 bits per heavy atom. The molecule has 0 amide bonds. The number of nitrogens with zero attached hydrogens (tertiary/aromatic N) is 1. The third-order valence-corrected chi connectivity index (χ3v) is 2.39. The molecule has 4 heteroatoms. The first-order valence-electron chi connectivity index (χ1n) is 4.41. The van der Waals surface area contributed by atoms with Gasteiger partial charge >= 0.3 is 0 Å². The van der Waals surface area contributed by atoms with E-state index in [1.54, 1.807) is 0 Å². The van der Waals surface area contributed by atoms with Crippen molar-refractivity contribution in [3.8, 4) is 5.75 Å². The molecule has 2 heterocycles. The Kier molecular flexibility index (Phi) is 1.24. The molecular weight excluding hydrogens is 166 g/mol. The lowest BCUT2D eigenvalue weighted by Gasteiger charge is -2.25. The molecule has 0 radical (unpaired) electrons. The van der Waals surface area contributed by atoms with Gasteiger partial charge in [-0.1, -0.05) is 0 Å². The van der Waals surface area contributed by atoms with Crippen molar-refractivity contribution in [2.24, 2.45) is 0 Å². The van der Waals surface area contributed by atoms with Gasteiger partial charge in [0.2, 0.25) is 0 Å². The fourth-order valence-corrected chi connectivity index (χ4v) is 1.83. The molecule has 3 rings (SSSR count). The number of hydrogen-bond donors (Lipinski definition) is 2. The van der Waals surface area contributed by atoms with Gasteiger partial charge in [-0.3, -0.25) is 5.01 Å². The van der Waals surface area contributed by atoms with Crippen LogP contribution in [-0.4, -0.2) is 13.2 Å². The standard InChI is InChI=1S/C9H11N3O/c1-6-4-7-9-8(5-6)13-3-2-12(9)11-10-7/h4-5,10-11H,2-3H2,1H3. The molecule has 0 saturated heterocycles. The first-order chi connectivity index (χ1) is 6.34. The lowest BCUT2D eigenvalue weighted by molar-refractivity contribution is 0.305. The first kappa shape index (κ1) is 7.03. The van der Waals surface area contributed by atoms with Gasteiger partial charge in [0.1, 0.15) is 18.0 Å². The Balaban J connectivity index is 2.23. The van der Waals surface area contributed by atoms with Crippen molar-refractivity contribution in [1.82, 2.24) is 5.53 Å². The van der Waals surface area contributed by atoms with E-state index in [-0.39, 0.29) is 0 Å². The van der Waals surface area contributed by atoms with Gasteiger partial charge in [0.15, 0.2) is 0 Å². The Morgan fingerprint density at radius 1 is 1.46 bits per heavy atom. The highest BCUT2D eigenvalue weighted by Gasteiger charge is 2.26.